The number of nitrogens with one attached hydrogen (secondary N) is 2. The van der Waals surface area contributed by atoms with Crippen LogP contribution in [0.25, 0.3) is 0 Å². The number of hydrogen-bond acceptors (Lipinski definition) is 4. The van der Waals surface area contributed by atoms with Crippen molar-refractivity contribution in [2.45, 2.75) is 26.3 Å². The molecule has 0 radical (unpaired) electrons. The maximum atomic E-state index is 11.4. The van der Waals surface area contributed by atoms with Crippen LogP contribution in [0, 0.1) is 0 Å². The van der Waals surface area contributed by atoms with Crippen molar-refractivity contribution in [3.63, 3.8) is 0 Å². The summed E-state index contributed by atoms with van der Waals surface area (Å²) in [5, 5.41) is 5.99. The minimum Gasteiger partial charge on any atom is -0.368 e. The highest BCUT2D eigenvalue weighted by Crippen LogP contribution is 2.19. The summed E-state index contributed by atoms with van der Waals surface area (Å²) in [5.41, 5.74) is 5.35. The summed E-state index contributed by atoms with van der Waals surface area (Å²) >= 11 is 5.94. The summed E-state index contributed by atoms with van der Waals surface area (Å²) < 4.78 is 0. The third kappa shape index (κ3) is 5.13. The Balaban J connectivity index is 2.50. The number of nitrogens with two attached hydrogens (primary N) is 1. The van der Waals surface area contributed by atoms with Gasteiger partial charge in [-0.2, -0.15) is 0 Å². The smallest absolute Gasteiger partial charge is 0.250 e. The van der Waals surface area contributed by atoms with Crippen LogP contribution in [0.15, 0.2) is 12.3 Å². The largest absolute Gasteiger partial charge is 0.368 e. The van der Waals surface area contributed by atoms with Crippen molar-refractivity contribution >= 4 is 29.2 Å². The van der Waals surface area contributed by atoms with E-state index in [-0.39, 0.29) is 17.5 Å². The van der Waals surface area contributed by atoms with E-state index in [0.717, 1.165) is 0 Å². The lowest BCUT2D eigenvalue weighted by Crippen LogP contribution is -2.31. The Kier molecular flexibility index (Phi) is 5.57. The molecule has 0 aliphatic rings. The van der Waals surface area contributed by atoms with Gasteiger partial charge in [0.05, 0.1) is 10.6 Å². The predicted octanol–water partition coefficient (Wildman–Crippen LogP) is 1.16. The molecule has 19 heavy (non-hydrogen) atoms. The van der Waals surface area contributed by atoms with Gasteiger partial charge in [0, 0.05) is 25.2 Å². The summed E-state index contributed by atoms with van der Waals surface area (Å²) in [6, 6.07) is 1.55. The zero-order chi connectivity index (χ0) is 14.4. The number of primary amides is 1. The number of rotatable bonds is 6. The lowest BCUT2D eigenvalue weighted by Gasteiger charge is -2.10. The Morgan fingerprint density at radius 2 is 2.16 bits per heavy atom. The fraction of sp³-hybridized carbons (Fsp3) is 0.417. The molecule has 0 aliphatic carbocycles. The molecule has 2 amide bonds. The second-order valence-electron chi connectivity index (χ2n) is 4.32. The highest BCUT2D eigenvalue weighted by molar-refractivity contribution is 6.33. The van der Waals surface area contributed by atoms with Crippen molar-refractivity contribution < 1.29 is 9.59 Å². The maximum Gasteiger partial charge on any atom is 0.250 e. The van der Waals surface area contributed by atoms with E-state index in [1.807, 2.05) is 13.8 Å². The van der Waals surface area contributed by atoms with Crippen LogP contribution in [0.4, 0.5) is 5.82 Å². The van der Waals surface area contributed by atoms with Gasteiger partial charge >= 0.3 is 0 Å². The van der Waals surface area contributed by atoms with Gasteiger partial charge in [0.25, 0.3) is 0 Å². The molecule has 1 heterocycles. The van der Waals surface area contributed by atoms with Gasteiger partial charge in [-0.25, -0.2) is 4.98 Å². The van der Waals surface area contributed by atoms with Crippen molar-refractivity contribution in [2.24, 2.45) is 5.73 Å². The molecule has 4 N–H and O–H groups in total. The summed E-state index contributed by atoms with van der Waals surface area (Å²) in [6.45, 7) is 4.19. The Morgan fingerprint density at radius 3 is 2.68 bits per heavy atom. The molecule has 0 spiro atoms. The monoisotopic (exact) mass is 284 g/mol. The van der Waals surface area contributed by atoms with Crippen molar-refractivity contribution in [3.05, 3.63) is 22.8 Å². The Hall–Kier alpha value is -1.82. The van der Waals surface area contributed by atoms with Crippen LogP contribution in [0.3, 0.4) is 0 Å². The van der Waals surface area contributed by atoms with Crippen LogP contribution in [0.5, 0.6) is 0 Å². The van der Waals surface area contributed by atoms with Crippen LogP contribution < -0.4 is 16.4 Å². The molecule has 0 unspecified atom stereocenters. The lowest BCUT2D eigenvalue weighted by molar-refractivity contribution is -0.121. The van der Waals surface area contributed by atoms with Crippen LogP contribution in [0.2, 0.25) is 5.02 Å². The Labute approximate surface area is 116 Å². The molecule has 1 aromatic rings. The van der Waals surface area contributed by atoms with Gasteiger partial charge in [0.2, 0.25) is 11.8 Å². The number of aromatic nitrogens is 1. The molecule has 0 aromatic carbocycles. The van der Waals surface area contributed by atoms with Crippen LogP contribution in [-0.2, 0) is 4.79 Å². The summed E-state index contributed by atoms with van der Waals surface area (Å²) in [5.74, 6) is -0.214. The second kappa shape index (κ2) is 6.94. The molecule has 6 nitrogen and oxygen atoms in total. The third-order valence-corrected chi connectivity index (χ3v) is 2.51. The highest BCUT2D eigenvalue weighted by atomic mass is 35.5. The maximum absolute atomic E-state index is 11.4. The molecule has 1 rings (SSSR count). The normalized spacial score (nSPS) is 10.3. The fourth-order valence-corrected chi connectivity index (χ4v) is 1.62. The van der Waals surface area contributed by atoms with Crippen molar-refractivity contribution in [1.82, 2.24) is 10.3 Å². The quantitative estimate of drug-likeness (QED) is 0.730. The summed E-state index contributed by atoms with van der Waals surface area (Å²) in [6.07, 6.45) is 1.65. The SMILES string of the molecule is CC(C)NC(=O)CCNc1ncc(C(N)=O)cc1Cl. The van der Waals surface area contributed by atoms with Crippen LogP contribution >= 0.6 is 11.6 Å². The zero-order valence-corrected chi connectivity index (χ0v) is 11.6. The minimum absolute atomic E-state index is 0.0487. The summed E-state index contributed by atoms with van der Waals surface area (Å²) in [4.78, 5) is 26.3. The molecule has 0 saturated carbocycles. The number of carbonyl (C=O) groups is 2. The topological polar surface area (TPSA) is 97.1 Å². The predicted molar refractivity (Wildman–Crippen MR) is 74.2 cm³/mol. The average molecular weight is 285 g/mol. The molecular weight excluding hydrogens is 268 g/mol. The molecule has 0 bridgehead atoms. The third-order valence-electron chi connectivity index (χ3n) is 2.22. The van der Waals surface area contributed by atoms with Gasteiger partial charge in [0.15, 0.2) is 0 Å². The van der Waals surface area contributed by atoms with Crippen molar-refractivity contribution in [1.29, 1.82) is 0 Å². The number of nitrogens with zero attached hydrogens (tertiary/aromatic N) is 1. The number of anilines is 1. The molecule has 0 fully saturated rings. The van der Waals surface area contributed by atoms with Gasteiger partial charge in [-0.3, -0.25) is 9.59 Å². The molecule has 0 atom stereocenters. The van der Waals surface area contributed by atoms with E-state index < -0.39 is 5.91 Å². The van der Waals surface area contributed by atoms with Crippen LogP contribution in [-0.4, -0.2) is 29.4 Å². The van der Waals surface area contributed by atoms with Gasteiger partial charge in [-0.1, -0.05) is 11.6 Å². The molecule has 7 heteroatoms. The van der Waals surface area contributed by atoms with Gasteiger partial charge in [0.1, 0.15) is 5.82 Å². The van der Waals surface area contributed by atoms with Gasteiger partial charge in [-0.05, 0) is 19.9 Å². The van der Waals surface area contributed by atoms with E-state index in [2.05, 4.69) is 15.6 Å². The molecular formula is C12H17ClN4O2. The van der Waals surface area contributed by atoms with E-state index in [9.17, 15) is 9.59 Å². The van der Waals surface area contributed by atoms with Gasteiger partial charge < -0.3 is 16.4 Å². The standard InChI is InChI=1S/C12H17ClN4O2/c1-7(2)17-10(18)3-4-15-12-9(13)5-8(6-16-12)11(14)19/h5-7H,3-4H2,1-2H3,(H2,14,19)(H,15,16)(H,17,18). The number of carbonyl (C=O) groups excluding carboxylic acids is 2. The first-order valence-corrected chi connectivity index (χ1v) is 6.26. The molecule has 104 valence electrons. The number of halogens is 1. The second-order valence-corrected chi connectivity index (χ2v) is 4.72. The number of hydrogen-bond donors (Lipinski definition) is 3. The Morgan fingerprint density at radius 1 is 1.47 bits per heavy atom. The number of amides is 2. The molecule has 0 aliphatic heterocycles. The van der Waals surface area contributed by atoms with Gasteiger partial charge in [-0.15, -0.1) is 0 Å². The highest BCUT2D eigenvalue weighted by Gasteiger charge is 2.08. The van der Waals surface area contributed by atoms with E-state index in [0.29, 0.717) is 23.8 Å². The van der Waals surface area contributed by atoms with E-state index in [4.69, 9.17) is 17.3 Å². The van der Waals surface area contributed by atoms with Crippen molar-refractivity contribution in [2.75, 3.05) is 11.9 Å². The Bertz CT molecular complexity index is 477. The zero-order valence-electron chi connectivity index (χ0n) is 10.9. The first-order chi connectivity index (χ1) is 8.90. The first kappa shape index (κ1) is 15.2. The molecule has 0 saturated heterocycles. The average Bonchev–Trinajstić information content (AvgIpc) is 2.29. The van der Waals surface area contributed by atoms with E-state index >= 15 is 0 Å². The number of pyridine rings is 1. The van der Waals surface area contributed by atoms with E-state index in [1.165, 1.54) is 12.3 Å². The minimum atomic E-state index is -0.586. The van der Waals surface area contributed by atoms with Crippen molar-refractivity contribution in [3.8, 4) is 0 Å². The lowest BCUT2D eigenvalue weighted by atomic mass is 10.2. The van der Waals surface area contributed by atoms with Crippen LogP contribution in [0.1, 0.15) is 30.6 Å². The fourth-order valence-electron chi connectivity index (χ4n) is 1.39. The van der Waals surface area contributed by atoms with E-state index in [1.54, 1.807) is 0 Å². The summed E-state index contributed by atoms with van der Waals surface area (Å²) in [7, 11) is 0. The molecule has 1 aromatic heterocycles. The first-order valence-electron chi connectivity index (χ1n) is 5.88.